The van der Waals surface area contributed by atoms with Gasteiger partial charge in [0.2, 0.25) is 0 Å². The van der Waals surface area contributed by atoms with Gasteiger partial charge in [-0.1, -0.05) is 13.3 Å². The Kier molecular flexibility index (Phi) is 2.54. The van der Waals surface area contributed by atoms with Crippen molar-refractivity contribution in [3.63, 3.8) is 0 Å². The Bertz CT molecular complexity index is 313. The Labute approximate surface area is 83.9 Å². The van der Waals surface area contributed by atoms with E-state index in [4.69, 9.17) is 5.84 Å². The number of aromatic nitrogens is 1. The van der Waals surface area contributed by atoms with Crippen LogP contribution in [0.4, 0.5) is 11.5 Å². The highest BCUT2D eigenvalue weighted by atomic mass is 15.2. The van der Waals surface area contributed by atoms with Crippen molar-refractivity contribution in [2.24, 2.45) is 11.8 Å². The molecule has 0 amide bonds. The topological polar surface area (TPSA) is 63.0 Å². The van der Waals surface area contributed by atoms with Crippen molar-refractivity contribution in [2.75, 3.05) is 10.7 Å². The van der Waals surface area contributed by atoms with Crippen LogP contribution < -0.4 is 16.6 Å². The molecule has 0 aliphatic heterocycles. The van der Waals surface area contributed by atoms with E-state index in [2.05, 4.69) is 22.7 Å². The van der Waals surface area contributed by atoms with E-state index < -0.39 is 0 Å². The summed E-state index contributed by atoms with van der Waals surface area (Å²) in [6, 6.07) is 4.53. The number of hydrogen-bond donors (Lipinski definition) is 3. The quantitative estimate of drug-likeness (QED) is 0.500. The Morgan fingerprint density at radius 2 is 2.50 bits per heavy atom. The summed E-state index contributed by atoms with van der Waals surface area (Å²) in [5, 5.41) is 3.46. The van der Waals surface area contributed by atoms with E-state index in [0.717, 1.165) is 11.6 Å². The Morgan fingerprint density at radius 1 is 1.64 bits per heavy atom. The first-order valence-electron chi connectivity index (χ1n) is 5.02. The van der Waals surface area contributed by atoms with Gasteiger partial charge in [0.25, 0.3) is 0 Å². The monoisotopic (exact) mass is 192 g/mol. The van der Waals surface area contributed by atoms with Crippen molar-refractivity contribution in [1.29, 1.82) is 0 Å². The van der Waals surface area contributed by atoms with Crippen LogP contribution in [-0.2, 0) is 0 Å². The molecule has 1 saturated carbocycles. The van der Waals surface area contributed by atoms with Crippen LogP contribution in [0.1, 0.15) is 19.8 Å². The normalized spacial score (nSPS) is 24.4. The summed E-state index contributed by atoms with van der Waals surface area (Å²) in [4.78, 5) is 4.05. The van der Waals surface area contributed by atoms with Crippen molar-refractivity contribution in [3.8, 4) is 0 Å². The molecular weight excluding hydrogens is 176 g/mol. The highest BCUT2D eigenvalue weighted by Crippen LogP contribution is 2.36. The van der Waals surface area contributed by atoms with Gasteiger partial charge in [0, 0.05) is 24.0 Å². The maximum absolute atomic E-state index is 5.28. The standard InChI is InChI=1S/C10H16N4/c1-2-7-5-9(7)13-8-3-4-12-10(6-8)14-11/h3-4,6-7,9H,2,5,11H2,1H3,(H2,12,13,14). The summed E-state index contributed by atoms with van der Waals surface area (Å²) >= 11 is 0. The van der Waals surface area contributed by atoms with Crippen LogP contribution in [0.25, 0.3) is 0 Å². The second-order valence-corrected chi connectivity index (χ2v) is 3.73. The number of pyridine rings is 1. The molecule has 1 fully saturated rings. The third-order valence-corrected chi connectivity index (χ3v) is 2.71. The van der Waals surface area contributed by atoms with Gasteiger partial charge in [-0.25, -0.2) is 10.8 Å². The molecule has 0 saturated heterocycles. The fraction of sp³-hybridized carbons (Fsp3) is 0.500. The zero-order chi connectivity index (χ0) is 9.97. The van der Waals surface area contributed by atoms with Crippen LogP contribution >= 0.6 is 0 Å². The Morgan fingerprint density at radius 3 is 3.14 bits per heavy atom. The molecule has 2 rings (SSSR count). The molecule has 1 heterocycles. The molecule has 76 valence electrons. The number of anilines is 2. The lowest BCUT2D eigenvalue weighted by atomic mass is 10.3. The number of hydrazine groups is 1. The second-order valence-electron chi connectivity index (χ2n) is 3.73. The second kappa shape index (κ2) is 3.84. The highest BCUT2D eigenvalue weighted by Gasteiger charge is 2.34. The molecule has 1 aromatic rings. The summed E-state index contributed by atoms with van der Waals surface area (Å²) in [6.45, 7) is 2.23. The van der Waals surface area contributed by atoms with E-state index in [1.807, 2.05) is 12.1 Å². The molecule has 4 heteroatoms. The first kappa shape index (κ1) is 9.27. The first-order valence-corrected chi connectivity index (χ1v) is 5.02. The molecule has 1 aromatic heterocycles. The third-order valence-electron chi connectivity index (χ3n) is 2.71. The lowest BCUT2D eigenvalue weighted by Gasteiger charge is -2.06. The van der Waals surface area contributed by atoms with E-state index in [1.165, 1.54) is 12.8 Å². The van der Waals surface area contributed by atoms with Crippen LogP contribution in [0.3, 0.4) is 0 Å². The lowest BCUT2D eigenvalue weighted by Crippen LogP contribution is -2.10. The molecule has 2 unspecified atom stereocenters. The third kappa shape index (κ3) is 1.96. The fourth-order valence-corrected chi connectivity index (χ4v) is 1.69. The Balaban J connectivity index is 1.96. The first-order chi connectivity index (χ1) is 6.83. The van der Waals surface area contributed by atoms with Gasteiger partial charge in [0.05, 0.1) is 0 Å². The number of nitrogens with zero attached hydrogens (tertiary/aromatic N) is 1. The molecule has 2 atom stereocenters. The van der Waals surface area contributed by atoms with Gasteiger partial charge in [-0.05, 0) is 18.4 Å². The minimum absolute atomic E-state index is 0.646. The van der Waals surface area contributed by atoms with Crippen LogP contribution in [-0.4, -0.2) is 11.0 Å². The molecular formula is C10H16N4. The predicted molar refractivity (Wildman–Crippen MR) is 57.9 cm³/mol. The average Bonchev–Trinajstić information content (AvgIpc) is 2.97. The van der Waals surface area contributed by atoms with Gasteiger partial charge in [0.1, 0.15) is 5.82 Å². The van der Waals surface area contributed by atoms with Crippen molar-refractivity contribution in [2.45, 2.75) is 25.8 Å². The van der Waals surface area contributed by atoms with Gasteiger partial charge in [-0.2, -0.15) is 0 Å². The average molecular weight is 192 g/mol. The number of rotatable bonds is 4. The van der Waals surface area contributed by atoms with Crippen LogP contribution in [0, 0.1) is 5.92 Å². The van der Waals surface area contributed by atoms with E-state index >= 15 is 0 Å². The lowest BCUT2D eigenvalue weighted by molar-refractivity contribution is 0.775. The molecule has 14 heavy (non-hydrogen) atoms. The summed E-state index contributed by atoms with van der Waals surface area (Å²) in [5.74, 6) is 6.82. The van der Waals surface area contributed by atoms with Crippen LogP contribution in [0.15, 0.2) is 18.3 Å². The van der Waals surface area contributed by atoms with Gasteiger partial charge in [-0.15, -0.1) is 0 Å². The maximum Gasteiger partial charge on any atom is 0.141 e. The SMILES string of the molecule is CCC1CC1Nc1ccnc(NN)c1. The number of hydrogen-bond acceptors (Lipinski definition) is 4. The minimum atomic E-state index is 0.646. The zero-order valence-electron chi connectivity index (χ0n) is 8.33. The number of nitrogens with two attached hydrogens (primary N) is 1. The predicted octanol–water partition coefficient (Wildman–Crippen LogP) is 1.58. The summed E-state index contributed by atoms with van der Waals surface area (Å²) in [7, 11) is 0. The van der Waals surface area contributed by atoms with Gasteiger partial charge >= 0.3 is 0 Å². The summed E-state index contributed by atoms with van der Waals surface area (Å²) < 4.78 is 0. The maximum atomic E-state index is 5.28. The van der Waals surface area contributed by atoms with Crippen LogP contribution in [0.5, 0.6) is 0 Å². The minimum Gasteiger partial charge on any atom is -0.382 e. The van der Waals surface area contributed by atoms with Gasteiger partial charge < -0.3 is 10.7 Å². The Hall–Kier alpha value is -1.29. The summed E-state index contributed by atoms with van der Waals surface area (Å²) in [6.07, 6.45) is 4.29. The molecule has 0 spiro atoms. The smallest absolute Gasteiger partial charge is 0.141 e. The van der Waals surface area contributed by atoms with E-state index in [-0.39, 0.29) is 0 Å². The van der Waals surface area contributed by atoms with Crippen molar-refractivity contribution in [1.82, 2.24) is 4.98 Å². The fourth-order valence-electron chi connectivity index (χ4n) is 1.69. The number of nitrogens with one attached hydrogen (secondary N) is 2. The van der Waals surface area contributed by atoms with Gasteiger partial charge in [0.15, 0.2) is 0 Å². The molecule has 4 N–H and O–H groups in total. The van der Waals surface area contributed by atoms with Crippen molar-refractivity contribution in [3.05, 3.63) is 18.3 Å². The van der Waals surface area contributed by atoms with E-state index in [1.54, 1.807) is 6.20 Å². The number of nitrogen functional groups attached to an aromatic ring is 1. The highest BCUT2D eigenvalue weighted by molar-refractivity contribution is 5.52. The largest absolute Gasteiger partial charge is 0.382 e. The molecule has 0 radical (unpaired) electrons. The summed E-state index contributed by atoms with van der Waals surface area (Å²) in [5.41, 5.74) is 3.63. The molecule has 1 aliphatic carbocycles. The molecule has 1 aliphatic rings. The van der Waals surface area contributed by atoms with E-state index in [9.17, 15) is 0 Å². The molecule has 0 aromatic carbocycles. The van der Waals surface area contributed by atoms with Crippen LogP contribution in [0.2, 0.25) is 0 Å². The van der Waals surface area contributed by atoms with Gasteiger partial charge in [-0.3, -0.25) is 0 Å². The molecule has 0 bridgehead atoms. The zero-order valence-corrected chi connectivity index (χ0v) is 8.33. The van der Waals surface area contributed by atoms with Crippen molar-refractivity contribution >= 4 is 11.5 Å². The van der Waals surface area contributed by atoms with E-state index in [0.29, 0.717) is 11.9 Å². The van der Waals surface area contributed by atoms with Crippen molar-refractivity contribution < 1.29 is 0 Å². The molecule has 4 nitrogen and oxygen atoms in total.